The maximum Gasteiger partial charge on any atom is 0.243 e. The summed E-state index contributed by atoms with van der Waals surface area (Å²) in [5.74, 6) is -0.249. The first-order valence-corrected chi connectivity index (χ1v) is 9.89. The molecule has 1 aliphatic rings. The highest BCUT2D eigenvalue weighted by Crippen LogP contribution is 2.33. The van der Waals surface area contributed by atoms with E-state index >= 15 is 0 Å². The number of carbonyl (C=O) groups excluding carboxylic acids is 2. The molecule has 0 fully saturated rings. The van der Waals surface area contributed by atoms with Crippen molar-refractivity contribution < 1.29 is 14.0 Å². The lowest BCUT2D eigenvalue weighted by Crippen LogP contribution is -2.48. The average Bonchev–Trinajstić information content (AvgIpc) is 3.15. The topological polar surface area (TPSA) is 45.6 Å². The molecule has 3 rings (SSSR count). The molecule has 5 nitrogen and oxygen atoms in total. The van der Waals surface area contributed by atoms with Crippen LogP contribution >= 0.6 is 0 Å². The number of hydrogen-bond acceptors (Lipinski definition) is 2. The number of amides is 2. The molecule has 28 heavy (non-hydrogen) atoms. The smallest absolute Gasteiger partial charge is 0.243 e. The van der Waals surface area contributed by atoms with Crippen molar-refractivity contribution in [2.75, 3.05) is 19.6 Å². The molecule has 2 aromatic rings. The van der Waals surface area contributed by atoms with Crippen molar-refractivity contribution >= 4 is 11.8 Å². The monoisotopic (exact) mass is 385 g/mol. The maximum atomic E-state index is 14.6. The van der Waals surface area contributed by atoms with Crippen LogP contribution < -0.4 is 0 Å². The number of halogens is 1. The van der Waals surface area contributed by atoms with Gasteiger partial charge in [-0.2, -0.15) is 0 Å². The Labute approximate surface area is 165 Å². The molecule has 0 radical (unpaired) electrons. The third-order valence-electron chi connectivity index (χ3n) is 5.13. The Morgan fingerprint density at radius 3 is 2.61 bits per heavy atom. The van der Waals surface area contributed by atoms with Gasteiger partial charge in [-0.05, 0) is 24.1 Å². The molecule has 0 bridgehead atoms. The molecule has 2 amide bonds. The van der Waals surface area contributed by atoms with E-state index in [1.54, 1.807) is 34.9 Å². The van der Waals surface area contributed by atoms with Crippen molar-refractivity contribution in [1.82, 2.24) is 14.4 Å². The van der Waals surface area contributed by atoms with Gasteiger partial charge in [-0.1, -0.05) is 39.0 Å². The molecule has 0 saturated heterocycles. The van der Waals surface area contributed by atoms with E-state index in [2.05, 4.69) is 4.57 Å². The summed E-state index contributed by atoms with van der Waals surface area (Å²) in [6.45, 7) is 7.55. The summed E-state index contributed by atoms with van der Waals surface area (Å²) in [4.78, 5) is 28.9. The van der Waals surface area contributed by atoms with Gasteiger partial charge in [0.25, 0.3) is 0 Å². The van der Waals surface area contributed by atoms with Crippen LogP contribution in [0.1, 0.15) is 44.5 Å². The molecule has 2 heterocycles. The normalized spacial score (nSPS) is 16.2. The van der Waals surface area contributed by atoms with E-state index in [1.807, 2.05) is 32.2 Å². The molecule has 1 aromatic heterocycles. The minimum Gasteiger partial charge on any atom is -0.348 e. The molecular formula is C22H28FN3O2. The van der Waals surface area contributed by atoms with Crippen LogP contribution in [0.3, 0.4) is 0 Å². The van der Waals surface area contributed by atoms with Crippen LogP contribution in [0.25, 0.3) is 0 Å². The first-order valence-electron chi connectivity index (χ1n) is 9.89. The molecule has 0 aliphatic carbocycles. The van der Waals surface area contributed by atoms with Gasteiger partial charge >= 0.3 is 0 Å². The first kappa shape index (κ1) is 20.1. The van der Waals surface area contributed by atoms with Crippen LogP contribution in [-0.4, -0.2) is 45.8 Å². The number of benzene rings is 1. The molecule has 0 saturated carbocycles. The highest BCUT2D eigenvalue weighted by Gasteiger charge is 2.34. The fourth-order valence-electron chi connectivity index (χ4n) is 3.85. The van der Waals surface area contributed by atoms with Crippen LogP contribution in [0, 0.1) is 11.7 Å². The van der Waals surface area contributed by atoms with E-state index in [-0.39, 0.29) is 30.1 Å². The van der Waals surface area contributed by atoms with E-state index in [0.29, 0.717) is 31.6 Å². The number of carbonyl (C=O) groups is 2. The summed E-state index contributed by atoms with van der Waals surface area (Å²) < 4.78 is 16.7. The molecular weight excluding hydrogens is 357 g/mol. The third kappa shape index (κ3) is 4.11. The largest absolute Gasteiger partial charge is 0.348 e. The SMILES string of the molecule is CCC(=O)N(CC(=O)N1CCn2cccc2[C@H]1c1ccccc1F)CC(C)C. The van der Waals surface area contributed by atoms with Crippen LogP contribution in [0.2, 0.25) is 0 Å². The Morgan fingerprint density at radius 1 is 1.18 bits per heavy atom. The lowest BCUT2D eigenvalue weighted by molar-refractivity contribution is -0.142. The summed E-state index contributed by atoms with van der Waals surface area (Å²) in [7, 11) is 0. The van der Waals surface area contributed by atoms with Gasteiger partial charge in [0.05, 0.1) is 6.54 Å². The van der Waals surface area contributed by atoms with Gasteiger partial charge in [0, 0.05) is 43.5 Å². The summed E-state index contributed by atoms with van der Waals surface area (Å²) in [5, 5.41) is 0. The van der Waals surface area contributed by atoms with E-state index in [0.717, 1.165) is 5.69 Å². The van der Waals surface area contributed by atoms with Crippen LogP contribution in [0.5, 0.6) is 0 Å². The van der Waals surface area contributed by atoms with Gasteiger partial charge < -0.3 is 14.4 Å². The fourth-order valence-corrected chi connectivity index (χ4v) is 3.85. The van der Waals surface area contributed by atoms with E-state index < -0.39 is 6.04 Å². The van der Waals surface area contributed by atoms with Crippen LogP contribution in [0.15, 0.2) is 42.6 Å². The number of nitrogens with zero attached hydrogens (tertiary/aromatic N) is 3. The molecule has 1 aliphatic heterocycles. The van der Waals surface area contributed by atoms with Crippen molar-refractivity contribution in [3.8, 4) is 0 Å². The fraction of sp³-hybridized carbons (Fsp3) is 0.455. The van der Waals surface area contributed by atoms with Crippen molar-refractivity contribution in [3.05, 3.63) is 59.7 Å². The predicted octanol–water partition coefficient (Wildman–Crippen LogP) is 3.45. The summed E-state index contributed by atoms with van der Waals surface area (Å²) in [6, 6.07) is 9.95. The lowest BCUT2D eigenvalue weighted by atomic mass is 9.99. The summed E-state index contributed by atoms with van der Waals surface area (Å²) >= 11 is 0. The van der Waals surface area contributed by atoms with E-state index in [4.69, 9.17) is 0 Å². The van der Waals surface area contributed by atoms with Gasteiger partial charge in [-0.3, -0.25) is 9.59 Å². The second-order valence-corrected chi connectivity index (χ2v) is 7.66. The van der Waals surface area contributed by atoms with Crippen molar-refractivity contribution in [1.29, 1.82) is 0 Å². The van der Waals surface area contributed by atoms with Gasteiger partial charge in [-0.25, -0.2) is 4.39 Å². The zero-order valence-electron chi connectivity index (χ0n) is 16.8. The van der Waals surface area contributed by atoms with Crippen molar-refractivity contribution in [2.24, 2.45) is 5.92 Å². The molecule has 6 heteroatoms. The quantitative estimate of drug-likeness (QED) is 0.765. The van der Waals surface area contributed by atoms with Gasteiger partial charge in [0.1, 0.15) is 11.9 Å². The molecule has 0 N–H and O–H groups in total. The predicted molar refractivity (Wildman–Crippen MR) is 106 cm³/mol. The summed E-state index contributed by atoms with van der Waals surface area (Å²) in [5.41, 5.74) is 1.37. The van der Waals surface area contributed by atoms with Crippen molar-refractivity contribution in [3.63, 3.8) is 0 Å². The second kappa shape index (κ2) is 8.59. The number of aromatic nitrogens is 1. The van der Waals surface area contributed by atoms with Gasteiger partial charge in [0.15, 0.2) is 0 Å². The van der Waals surface area contributed by atoms with E-state index in [9.17, 15) is 14.0 Å². The molecule has 150 valence electrons. The van der Waals surface area contributed by atoms with E-state index in [1.165, 1.54) is 6.07 Å². The molecule has 0 unspecified atom stereocenters. The standard InChI is InChI=1S/C22H28FN3O2/c1-4-20(27)25(14-16(2)3)15-21(28)26-13-12-24-11-7-10-19(24)22(26)17-8-5-6-9-18(17)23/h5-11,16,22H,4,12-15H2,1-3H3/t22-/m1/s1. The minimum absolute atomic E-state index is 0.0243. The Balaban J connectivity index is 1.91. The number of fused-ring (bicyclic) bond motifs is 1. The molecule has 1 aromatic carbocycles. The van der Waals surface area contributed by atoms with Crippen molar-refractivity contribution in [2.45, 2.75) is 39.8 Å². The average molecular weight is 385 g/mol. The second-order valence-electron chi connectivity index (χ2n) is 7.66. The van der Waals surface area contributed by atoms with Crippen LogP contribution in [0.4, 0.5) is 4.39 Å². The van der Waals surface area contributed by atoms with Gasteiger partial charge in [0.2, 0.25) is 11.8 Å². The number of hydrogen-bond donors (Lipinski definition) is 0. The lowest BCUT2D eigenvalue weighted by Gasteiger charge is -2.38. The first-order chi connectivity index (χ1) is 13.4. The Hall–Kier alpha value is -2.63. The molecule has 1 atom stereocenters. The zero-order valence-corrected chi connectivity index (χ0v) is 16.8. The minimum atomic E-state index is -0.491. The Morgan fingerprint density at radius 2 is 1.93 bits per heavy atom. The highest BCUT2D eigenvalue weighted by atomic mass is 19.1. The summed E-state index contributed by atoms with van der Waals surface area (Å²) in [6.07, 6.45) is 2.32. The maximum absolute atomic E-state index is 14.6. The van der Waals surface area contributed by atoms with Crippen LogP contribution in [-0.2, 0) is 16.1 Å². The number of rotatable bonds is 6. The third-order valence-corrected chi connectivity index (χ3v) is 5.13. The Bertz CT molecular complexity index is 846. The highest BCUT2D eigenvalue weighted by molar-refractivity contribution is 5.85. The zero-order chi connectivity index (χ0) is 20.3. The molecule has 0 spiro atoms. The Kier molecular flexibility index (Phi) is 6.17. The van der Waals surface area contributed by atoms with Gasteiger partial charge in [-0.15, -0.1) is 0 Å².